The molecule has 9 heteroatoms. The number of rotatable bonds is 5. The summed E-state index contributed by atoms with van der Waals surface area (Å²) in [6.07, 6.45) is 0. The van der Waals surface area contributed by atoms with E-state index in [2.05, 4.69) is 0 Å². The molecule has 2 rings (SSSR count). The lowest BCUT2D eigenvalue weighted by molar-refractivity contribution is 0.103. The molecule has 0 aliphatic heterocycles. The summed E-state index contributed by atoms with van der Waals surface area (Å²) in [4.78, 5) is 11.5. The number of phenols is 2. The zero-order valence-electron chi connectivity index (χ0n) is 12.7. The van der Waals surface area contributed by atoms with Gasteiger partial charge in [0.05, 0.1) is 14.2 Å². The molecular formula is C15H14O8S. The summed E-state index contributed by atoms with van der Waals surface area (Å²) in [6, 6.07) is 7.76. The van der Waals surface area contributed by atoms with Crippen LogP contribution in [-0.2, 0) is 10.1 Å². The molecule has 0 unspecified atom stereocenters. The van der Waals surface area contributed by atoms with Gasteiger partial charge in [-0.15, -0.1) is 0 Å². The Kier molecular flexibility index (Phi) is 4.67. The van der Waals surface area contributed by atoms with Gasteiger partial charge in [0, 0.05) is 5.56 Å². The van der Waals surface area contributed by atoms with Gasteiger partial charge in [-0.25, -0.2) is 0 Å². The molecule has 0 saturated carbocycles. The number of hydrogen-bond donors (Lipinski definition) is 3. The molecule has 0 bridgehead atoms. The van der Waals surface area contributed by atoms with E-state index in [0.717, 1.165) is 14.2 Å². The molecule has 0 heterocycles. The lowest BCUT2D eigenvalue weighted by Gasteiger charge is -2.17. The van der Waals surface area contributed by atoms with Crippen LogP contribution in [0.3, 0.4) is 0 Å². The molecule has 2 aromatic rings. The minimum atomic E-state index is -4.96. The van der Waals surface area contributed by atoms with Crippen molar-refractivity contribution in [2.24, 2.45) is 0 Å². The molecule has 128 valence electrons. The van der Waals surface area contributed by atoms with Crippen LogP contribution in [0.5, 0.6) is 23.0 Å². The van der Waals surface area contributed by atoms with Gasteiger partial charge in [-0.2, -0.15) is 8.42 Å². The first kappa shape index (κ1) is 17.6. The smallest absolute Gasteiger partial charge is 0.302 e. The largest absolute Gasteiger partial charge is 0.504 e. The minimum Gasteiger partial charge on any atom is -0.504 e. The van der Waals surface area contributed by atoms with Crippen molar-refractivity contribution in [2.45, 2.75) is 4.90 Å². The summed E-state index contributed by atoms with van der Waals surface area (Å²) in [5, 5.41) is 20.1. The second kappa shape index (κ2) is 6.38. The van der Waals surface area contributed by atoms with Crippen LogP contribution >= 0.6 is 0 Å². The van der Waals surface area contributed by atoms with Crippen LogP contribution in [0.2, 0.25) is 0 Å². The highest BCUT2D eigenvalue weighted by Gasteiger charge is 2.35. The van der Waals surface area contributed by atoms with Crippen molar-refractivity contribution in [3.8, 4) is 23.0 Å². The third-order valence-corrected chi connectivity index (χ3v) is 4.14. The van der Waals surface area contributed by atoms with E-state index in [4.69, 9.17) is 9.47 Å². The number of ether oxygens (including phenoxy) is 2. The highest BCUT2D eigenvalue weighted by atomic mass is 32.2. The van der Waals surface area contributed by atoms with Crippen molar-refractivity contribution in [1.82, 2.24) is 0 Å². The van der Waals surface area contributed by atoms with E-state index in [-0.39, 0.29) is 5.56 Å². The fourth-order valence-corrected chi connectivity index (χ4v) is 2.97. The topological polar surface area (TPSA) is 130 Å². The van der Waals surface area contributed by atoms with Crippen LogP contribution in [0.4, 0.5) is 0 Å². The van der Waals surface area contributed by atoms with Crippen LogP contribution in [-0.4, -0.2) is 43.2 Å². The molecular weight excluding hydrogens is 340 g/mol. The molecule has 0 spiro atoms. The Balaban J connectivity index is 2.88. The Morgan fingerprint density at radius 3 is 1.96 bits per heavy atom. The van der Waals surface area contributed by atoms with Crippen molar-refractivity contribution >= 4 is 15.9 Å². The average molecular weight is 354 g/mol. The van der Waals surface area contributed by atoms with Gasteiger partial charge in [-0.3, -0.25) is 9.35 Å². The number of carbonyl (C=O) groups is 1. The van der Waals surface area contributed by atoms with Gasteiger partial charge in [-0.05, 0) is 0 Å². The second-order valence-corrected chi connectivity index (χ2v) is 6.00. The van der Waals surface area contributed by atoms with E-state index in [9.17, 15) is 28.0 Å². The van der Waals surface area contributed by atoms with Crippen LogP contribution in [0, 0.1) is 0 Å². The molecule has 0 fully saturated rings. The summed E-state index contributed by atoms with van der Waals surface area (Å²) >= 11 is 0. The SMILES string of the molecule is COc1c(OC)c(S(=O)(=O)O)c(O)c(O)c1C(=O)c1ccccc1. The quantitative estimate of drug-likeness (QED) is 0.419. The maximum atomic E-state index is 12.6. The lowest BCUT2D eigenvalue weighted by atomic mass is 10.0. The van der Waals surface area contributed by atoms with Crippen LogP contribution in [0.15, 0.2) is 35.2 Å². The normalized spacial score (nSPS) is 11.1. The van der Waals surface area contributed by atoms with Gasteiger partial charge in [-0.1, -0.05) is 30.3 Å². The van der Waals surface area contributed by atoms with E-state index in [1.807, 2.05) is 0 Å². The zero-order valence-corrected chi connectivity index (χ0v) is 13.5. The first-order valence-electron chi connectivity index (χ1n) is 6.51. The average Bonchev–Trinajstić information content (AvgIpc) is 2.55. The van der Waals surface area contributed by atoms with Gasteiger partial charge in [0.25, 0.3) is 0 Å². The Bertz CT molecular complexity index is 888. The van der Waals surface area contributed by atoms with E-state index < -0.39 is 49.4 Å². The number of hydrogen-bond acceptors (Lipinski definition) is 7. The summed E-state index contributed by atoms with van der Waals surface area (Å²) in [6.45, 7) is 0. The molecule has 24 heavy (non-hydrogen) atoms. The number of phenolic OH excluding ortho intramolecular Hbond substituents is 2. The molecule has 3 N–H and O–H groups in total. The van der Waals surface area contributed by atoms with Crippen molar-refractivity contribution in [1.29, 1.82) is 0 Å². The third-order valence-electron chi connectivity index (χ3n) is 3.24. The molecule has 2 aromatic carbocycles. The van der Waals surface area contributed by atoms with E-state index >= 15 is 0 Å². The minimum absolute atomic E-state index is 0.159. The summed E-state index contributed by atoms with van der Waals surface area (Å²) in [5.41, 5.74) is -0.336. The van der Waals surface area contributed by atoms with Gasteiger partial charge in [0.2, 0.25) is 5.78 Å². The summed E-state index contributed by atoms with van der Waals surface area (Å²) in [5.74, 6) is -4.03. The first-order chi connectivity index (χ1) is 11.2. The fourth-order valence-electron chi connectivity index (χ4n) is 2.22. The van der Waals surface area contributed by atoms with Crippen LogP contribution in [0.25, 0.3) is 0 Å². The molecule has 0 atom stereocenters. The van der Waals surface area contributed by atoms with Crippen LogP contribution < -0.4 is 9.47 Å². The number of ketones is 1. The predicted molar refractivity (Wildman–Crippen MR) is 82.6 cm³/mol. The Morgan fingerprint density at radius 1 is 0.958 bits per heavy atom. The van der Waals surface area contributed by atoms with Gasteiger partial charge < -0.3 is 19.7 Å². The molecule has 0 aliphatic rings. The van der Waals surface area contributed by atoms with Gasteiger partial charge in [0.15, 0.2) is 27.9 Å². The van der Waals surface area contributed by atoms with E-state index in [1.165, 1.54) is 12.1 Å². The highest BCUT2D eigenvalue weighted by Crippen LogP contribution is 2.50. The Hall–Kier alpha value is -2.78. The standard InChI is InChI=1S/C15H14O8S/c1-22-13-9(10(16)8-6-4-3-5-7-8)11(17)12(18)15(14(13)23-2)24(19,20)21/h3-7,17-18H,1-2H3,(H,19,20,21). The maximum Gasteiger partial charge on any atom is 0.302 e. The number of aromatic hydroxyl groups is 2. The van der Waals surface area contributed by atoms with E-state index in [1.54, 1.807) is 18.2 Å². The molecule has 0 aliphatic carbocycles. The zero-order chi connectivity index (χ0) is 18.1. The number of benzene rings is 2. The number of carbonyl (C=O) groups excluding carboxylic acids is 1. The number of methoxy groups -OCH3 is 2. The van der Waals surface area contributed by atoms with E-state index in [0.29, 0.717) is 0 Å². The molecule has 0 radical (unpaired) electrons. The van der Waals surface area contributed by atoms with Crippen LogP contribution in [0.1, 0.15) is 15.9 Å². The van der Waals surface area contributed by atoms with Crippen molar-refractivity contribution in [3.05, 3.63) is 41.5 Å². The first-order valence-corrected chi connectivity index (χ1v) is 7.95. The molecule has 0 aromatic heterocycles. The monoisotopic (exact) mass is 354 g/mol. The van der Waals surface area contributed by atoms with Crippen molar-refractivity contribution in [3.63, 3.8) is 0 Å². The fraction of sp³-hybridized carbons (Fsp3) is 0.133. The highest BCUT2D eigenvalue weighted by molar-refractivity contribution is 7.86. The maximum absolute atomic E-state index is 12.6. The Labute approximate surface area is 137 Å². The van der Waals surface area contributed by atoms with Gasteiger partial charge >= 0.3 is 10.1 Å². The summed E-state index contributed by atoms with van der Waals surface area (Å²) in [7, 11) is -2.79. The van der Waals surface area contributed by atoms with Crippen molar-refractivity contribution < 1.29 is 37.5 Å². The molecule has 0 amide bonds. The molecule has 0 saturated heterocycles. The molecule has 8 nitrogen and oxygen atoms in total. The lowest BCUT2D eigenvalue weighted by Crippen LogP contribution is -2.10. The summed E-state index contributed by atoms with van der Waals surface area (Å²) < 4.78 is 42.0. The van der Waals surface area contributed by atoms with Crippen molar-refractivity contribution in [2.75, 3.05) is 14.2 Å². The predicted octanol–water partition coefficient (Wildman–Crippen LogP) is 1.59. The third kappa shape index (κ3) is 2.86. The Morgan fingerprint density at radius 2 is 1.50 bits per heavy atom. The second-order valence-electron chi connectivity index (χ2n) is 4.64. The van der Waals surface area contributed by atoms with Gasteiger partial charge in [0.1, 0.15) is 5.56 Å².